The third-order valence-corrected chi connectivity index (χ3v) is 2.47. The number of carbonyl (C=O) groups excluding carboxylic acids is 1. The van der Waals surface area contributed by atoms with Gasteiger partial charge in [0.2, 0.25) is 5.91 Å². The van der Waals surface area contributed by atoms with Gasteiger partial charge in [0.15, 0.2) is 0 Å². The average molecular weight is 221 g/mol. The van der Waals surface area contributed by atoms with Crippen LogP contribution in [0.2, 0.25) is 0 Å². The van der Waals surface area contributed by atoms with Crippen molar-refractivity contribution in [1.82, 2.24) is 5.32 Å². The average Bonchev–Trinajstić information content (AvgIpc) is 2.30. The van der Waals surface area contributed by atoms with Crippen LogP contribution in [-0.2, 0) is 17.8 Å². The standard InChI is InChI=1S/C13H19NO2/c1-3-5-11-8-10(6-7-12(11)15)9-14-13(16)4-2/h6-8,15H,3-5,9H2,1-2H3,(H,14,16). The van der Waals surface area contributed by atoms with Gasteiger partial charge in [0.1, 0.15) is 5.75 Å². The lowest BCUT2D eigenvalue weighted by Gasteiger charge is -2.08. The van der Waals surface area contributed by atoms with Gasteiger partial charge >= 0.3 is 0 Å². The summed E-state index contributed by atoms with van der Waals surface area (Å²) < 4.78 is 0. The van der Waals surface area contributed by atoms with Crippen molar-refractivity contribution in [2.24, 2.45) is 0 Å². The first-order valence-electron chi connectivity index (χ1n) is 5.74. The van der Waals surface area contributed by atoms with Gasteiger partial charge in [-0.15, -0.1) is 0 Å². The number of aromatic hydroxyl groups is 1. The molecule has 0 aliphatic heterocycles. The highest BCUT2D eigenvalue weighted by Crippen LogP contribution is 2.19. The topological polar surface area (TPSA) is 49.3 Å². The maximum Gasteiger partial charge on any atom is 0.219 e. The molecule has 0 atom stereocenters. The number of amides is 1. The van der Waals surface area contributed by atoms with Gasteiger partial charge in [-0.1, -0.05) is 32.4 Å². The minimum atomic E-state index is 0.0464. The van der Waals surface area contributed by atoms with Crippen molar-refractivity contribution >= 4 is 5.91 Å². The maximum absolute atomic E-state index is 11.1. The molecular weight excluding hydrogens is 202 g/mol. The number of benzene rings is 1. The highest BCUT2D eigenvalue weighted by Gasteiger charge is 2.03. The lowest BCUT2D eigenvalue weighted by Crippen LogP contribution is -2.21. The SMILES string of the molecule is CCCc1cc(CNC(=O)CC)ccc1O. The van der Waals surface area contributed by atoms with Crippen molar-refractivity contribution < 1.29 is 9.90 Å². The second-order valence-corrected chi connectivity index (χ2v) is 3.84. The largest absolute Gasteiger partial charge is 0.508 e. The Labute approximate surface area is 96.5 Å². The van der Waals surface area contributed by atoms with Crippen LogP contribution in [-0.4, -0.2) is 11.0 Å². The van der Waals surface area contributed by atoms with Crippen molar-refractivity contribution in [2.45, 2.75) is 39.7 Å². The van der Waals surface area contributed by atoms with E-state index in [-0.39, 0.29) is 5.91 Å². The molecule has 1 aromatic rings. The molecule has 3 heteroatoms. The van der Waals surface area contributed by atoms with E-state index in [1.165, 1.54) is 0 Å². The summed E-state index contributed by atoms with van der Waals surface area (Å²) in [7, 11) is 0. The first-order valence-corrected chi connectivity index (χ1v) is 5.74. The number of rotatable bonds is 5. The molecule has 2 N–H and O–H groups in total. The van der Waals surface area contributed by atoms with Crippen molar-refractivity contribution in [3.05, 3.63) is 29.3 Å². The maximum atomic E-state index is 11.1. The van der Waals surface area contributed by atoms with Gasteiger partial charge in [0.25, 0.3) is 0 Å². The number of phenolic OH excluding ortho intramolecular Hbond substituents is 1. The van der Waals surface area contributed by atoms with E-state index in [1.54, 1.807) is 6.07 Å². The minimum Gasteiger partial charge on any atom is -0.508 e. The molecule has 0 aliphatic rings. The second-order valence-electron chi connectivity index (χ2n) is 3.84. The fourth-order valence-electron chi connectivity index (χ4n) is 1.54. The summed E-state index contributed by atoms with van der Waals surface area (Å²) in [5.74, 6) is 0.387. The number of phenols is 1. The Morgan fingerprint density at radius 3 is 2.75 bits per heavy atom. The van der Waals surface area contributed by atoms with Gasteiger partial charge in [-0.25, -0.2) is 0 Å². The number of nitrogens with one attached hydrogen (secondary N) is 1. The van der Waals surface area contributed by atoms with Crippen LogP contribution in [0.3, 0.4) is 0 Å². The fraction of sp³-hybridized carbons (Fsp3) is 0.462. The van der Waals surface area contributed by atoms with E-state index in [4.69, 9.17) is 0 Å². The fourth-order valence-corrected chi connectivity index (χ4v) is 1.54. The Balaban J connectivity index is 2.67. The van der Waals surface area contributed by atoms with Gasteiger partial charge in [-0.3, -0.25) is 4.79 Å². The monoisotopic (exact) mass is 221 g/mol. The summed E-state index contributed by atoms with van der Waals surface area (Å²) in [5.41, 5.74) is 1.98. The Hall–Kier alpha value is -1.51. The summed E-state index contributed by atoms with van der Waals surface area (Å²) in [6, 6.07) is 5.48. The number of carbonyl (C=O) groups is 1. The first-order chi connectivity index (χ1) is 7.67. The number of aryl methyl sites for hydroxylation is 1. The Morgan fingerprint density at radius 1 is 1.38 bits per heavy atom. The zero-order valence-electron chi connectivity index (χ0n) is 9.92. The van der Waals surface area contributed by atoms with Crippen LogP contribution in [0.4, 0.5) is 0 Å². The van der Waals surface area contributed by atoms with Crippen molar-refractivity contribution in [3.63, 3.8) is 0 Å². The minimum absolute atomic E-state index is 0.0464. The molecule has 1 aromatic carbocycles. The molecule has 3 nitrogen and oxygen atoms in total. The molecule has 0 aliphatic carbocycles. The smallest absolute Gasteiger partial charge is 0.219 e. The highest BCUT2D eigenvalue weighted by atomic mass is 16.3. The summed E-state index contributed by atoms with van der Waals surface area (Å²) in [5, 5.41) is 12.4. The van der Waals surface area contributed by atoms with Gasteiger partial charge in [0.05, 0.1) is 0 Å². The number of hydrogen-bond donors (Lipinski definition) is 2. The van der Waals surface area contributed by atoms with Gasteiger partial charge < -0.3 is 10.4 Å². The van der Waals surface area contributed by atoms with Crippen LogP contribution in [0.5, 0.6) is 5.75 Å². The molecule has 0 aromatic heterocycles. The molecule has 16 heavy (non-hydrogen) atoms. The third-order valence-electron chi connectivity index (χ3n) is 2.47. The van der Waals surface area contributed by atoms with E-state index in [2.05, 4.69) is 12.2 Å². The van der Waals surface area contributed by atoms with Crippen LogP contribution < -0.4 is 5.32 Å². The Bertz CT molecular complexity index is 361. The predicted molar refractivity (Wildman–Crippen MR) is 64.2 cm³/mol. The second kappa shape index (κ2) is 6.16. The molecule has 0 saturated heterocycles. The summed E-state index contributed by atoms with van der Waals surface area (Å²) >= 11 is 0. The van der Waals surface area contributed by atoms with E-state index in [9.17, 15) is 9.90 Å². The quantitative estimate of drug-likeness (QED) is 0.802. The molecule has 0 unspecified atom stereocenters. The molecule has 88 valence electrons. The van der Waals surface area contributed by atoms with Crippen molar-refractivity contribution in [1.29, 1.82) is 0 Å². The molecule has 0 spiro atoms. The Morgan fingerprint density at radius 2 is 2.12 bits per heavy atom. The molecule has 0 radical (unpaired) electrons. The van der Waals surface area contributed by atoms with Gasteiger partial charge in [-0.2, -0.15) is 0 Å². The van der Waals surface area contributed by atoms with Gasteiger partial charge in [0, 0.05) is 13.0 Å². The van der Waals surface area contributed by atoms with Crippen molar-refractivity contribution in [3.8, 4) is 5.75 Å². The van der Waals surface area contributed by atoms with E-state index in [1.807, 2.05) is 19.1 Å². The van der Waals surface area contributed by atoms with E-state index in [0.717, 1.165) is 24.0 Å². The molecule has 0 saturated carbocycles. The van der Waals surface area contributed by atoms with E-state index < -0.39 is 0 Å². The molecule has 1 rings (SSSR count). The lowest BCUT2D eigenvalue weighted by molar-refractivity contribution is -0.120. The normalized spacial score (nSPS) is 10.1. The lowest BCUT2D eigenvalue weighted by atomic mass is 10.1. The first kappa shape index (κ1) is 12.6. The van der Waals surface area contributed by atoms with E-state index >= 15 is 0 Å². The van der Waals surface area contributed by atoms with Gasteiger partial charge in [-0.05, 0) is 23.6 Å². The zero-order chi connectivity index (χ0) is 12.0. The molecular formula is C13H19NO2. The van der Waals surface area contributed by atoms with Crippen LogP contribution in [0.1, 0.15) is 37.8 Å². The van der Waals surface area contributed by atoms with Crippen LogP contribution in [0.25, 0.3) is 0 Å². The summed E-state index contributed by atoms with van der Waals surface area (Å²) in [4.78, 5) is 11.1. The summed E-state index contributed by atoms with van der Waals surface area (Å²) in [6.07, 6.45) is 2.36. The predicted octanol–water partition coefficient (Wildman–Crippen LogP) is 2.37. The third kappa shape index (κ3) is 3.57. The molecule has 1 amide bonds. The van der Waals surface area contributed by atoms with Crippen LogP contribution >= 0.6 is 0 Å². The summed E-state index contributed by atoms with van der Waals surface area (Å²) in [6.45, 7) is 4.43. The molecule has 0 bridgehead atoms. The highest BCUT2D eigenvalue weighted by molar-refractivity contribution is 5.75. The molecule has 0 fully saturated rings. The van der Waals surface area contributed by atoms with E-state index in [0.29, 0.717) is 18.7 Å². The number of hydrogen-bond acceptors (Lipinski definition) is 2. The Kier molecular flexibility index (Phi) is 4.83. The van der Waals surface area contributed by atoms with Crippen LogP contribution in [0, 0.1) is 0 Å². The van der Waals surface area contributed by atoms with Crippen molar-refractivity contribution in [2.75, 3.05) is 0 Å². The van der Waals surface area contributed by atoms with Crippen LogP contribution in [0.15, 0.2) is 18.2 Å². The molecule has 0 heterocycles. The zero-order valence-corrected chi connectivity index (χ0v) is 9.92.